The number of pyridine rings is 1. The maximum atomic E-state index is 5.33. The zero-order chi connectivity index (χ0) is 12.8. The molecule has 3 heteroatoms. The molecule has 3 nitrogen and oxygen atoms in total. The predicted octanol–water partition coefficient (Wildman–Crippen LogP) is 3.88. The number of methoxy groups -OCH3 is 1. The molecule has 0 saturated carbocycles. The van der Waals surface area contributed by atoms with Crippen LogP contribution in [0.25, 0.3) is 32.6 Å². The molecule has 1 N–H and O–H groups in total. The van der Waals surface area contributed by atoms with Gasteiger partial charge in [-0.3, -0.25) is 4.98 Å². The number of rotatable bonds is 1. The summed E-state index contributed by atoms with van der Waals surface area (Å²) >= 11 is 0. The van der Waals surface area contributed by atoms with Crippen molar-refractivity contribution >= 4 is 32.6 Å². The SMILES string of the molecule is COc1ccc2[nH]c3ccc4cnccc4c3c2c1. The average molecular weight is 248 g/mol. The minimum Gasteiger partial charge on any atom is -0.497 e. The molecule has 0 radical (unpaired) electrons. The molecule has 0 spiro atoms. The zero-order valence-electron chi connectivity index (χ0n) is 10.5. The molecule has 19 heavy (non-hydrogen) atoms. The molecule has 0 fully saturated rings. The number of H-pyrrole nitrogens is 1. The average Bonchev–Trinajstić information content (AvgIpc) is 2.85. The monoisotopic (exact) mass is 248 g/mol. The van der Waals surface area contributed by atoms with Gasteiger partial charge in [-0.1, -0.05) is 6.07 Å². The fourth-order valence-electron chi connectivity index (χ4n) is 2.67. The Kier molecular flexibility index (Phi) is 2.03. The van der Waals surface area contributed by atoms with Gasteiger partial charge in [0.1, 0.15) is 5.75 Å². The number of aromatic nitrogens is 2. The van der Waals surface area contributed by atoms with Crippen LogP contribution >= 0.6 is 0 Å². The van der Waals surface area contributed by atoms with Crippen LogP contribution in [0, 0.1) is 0 Å². The van der Waals surface area contributed by atoms with E-state index in [2.05, 4.69) is 40.3 Å². The highest BCUT2D eigenvalue weighted by molar-refractivity contribution is 6.20. The summed E-state index contributed by atoms with van der Waals surface area (Å²) in [6.07, 6.45) is 3.73. The Morgan fingerprint density at radius 3 is 2.79 bits per heavy atom. The van der Waals surface area contributed by atoms with Crippen molar-refractivity contribution in [2.45, 2.75) is 0 Å². The molecule has 2 heterocycles. The molecular weight excluding hydrogens is 236 g/mol. The Balaban J connectivity index is 2.27. The summed E-state index contributed by atoms with van der Waals surface area (Å²) in [6.45, 7) is 0. The molecular formula is C16H12N2O. The van der Waals surface area contributed by atoms with Crippen molar-refractivity contribution in [2.24, 2.45) is 0 Å². The van der Waals surface area contributed by atoms with Crippen molar-refractivity contribution in [3.05, 3.63) is 48.8 Å². The van der Waals surface area contributed by atoms with E-state index in [4.69, 9.17) is 4.74 Å². The summed E-state index contributed by atoms with van der Waals surface area (Å²) < 4.78 is 5.33. The van der Waals surface area contributed by atoms with Crippen LogP contribution in [0.4, 0.5) is 0 Å². The van der Waals surface area contributed by atoms with Crippen molar-refractivity contribution in [1.29, 1.82) is 0 Å². The van der Waals surface area contributed by atoms with E-state index in [1.54, 1.807) is 7.11 Å². The lowest BCUT2D eigenvalue weighted by Gasteiger charge is -2.01. The molecule has 4 aromatic rings. The number of nitrogens with zero attached hydrogens (tertiary/aromatic N) is 1. The predicted molar refractivity (Wildman–Crippen MR) is 77.7 cm³/mol. The smallest absolute Gasteiger partial charge is 0.119 e. The lowest BCUT2D eigenvalue weighted by atomic mass is 10.1. The Labute approximate surface area is 109 Å². The summed E-state index contributed by atoms with van der Waals surface area (Å²) in [5, 5.41) is 4.78. The van der Waals surface area contributed by atoms with Crippen molar-refractivity contribution in [2.75, 3.05) is 7.11 Å². The van der Waals surface area contributed by atoms with Gasteiger partial charge in [-0.2, -0.15) is 0 Å². The number of fused-ring (bicyclic) bond motifs is 5. The largest absolute Gasteiger partial charge is 0.497 e. The summed E-state index contributed by atoms with van der Waals surface area (Å²) in [6, 6.07) is 12.4. The van der Waals surface area contributed by atoms with Gasteiger partial charge < -0.3 is 9.72 Å². The molecule has 0 aliphatic heterocycles. The van der Waals surface area contributed by atoms with Gasteiger partial charge in [0.25, 0.3) is 0 Å². The van der Waals surface area contributed by atoms with Crippen LogP contribution in [0.3, 0.4) is 0 Å². The standard InChI is InChI=1S/C16H12N2O/c1-19-11-3-5-14-13(8-11)16-12-6-7-17-9-10(12)2-4-15(16)18-14/h2-9,18H,1H3. The van der Waals surface area contributed by atoms with E-state index in [0.29, 0.717) is 0 Å². The minimum absolute atomic E-state index is 0.874. The van der Waals surface area contributed by atoms with Crippen LogP contribution < -0.4 is 4.74 Å². The minimum atomic E-state index is 0.874. The van der Waals surface area contributed by atoms with Crippen LogP contribution in [-0.4, -0.2) is 17.1 Å². The summed E-state index contributed by atoms with van der Waals surface area (Å²) in [5.41, 5.74) is 2.27. The van der Waals surface area contributed by atoms with Crippen molar-refractivity contribution < 1.29 is 4.74 Å². The number of hydrogen-bond donors (Lipinski definition) is 1. The van der Waals surface area contributed by atoms with E-state index < -0.39 is 0 Å². The number of hydrogen-bond acceptors (Lipinski definition) is 2. The van der Waals surface area contributed by atoms with E-state index >= 15 is 0 Å². The first-order valence-corrected chi connectivity index (χ1v) is 6.19. The van der Waals surface area contributed by atoms with E-state index in [1.807, 2.05) is 18.5 Å². The zero-order valence-corrected chi connectivity index (χ0v) is 10.5. The fourth-order valence-corrected chi connectivity index (χ4v) is 2.67. The van der Waals surface area contributed by atoms with Crippen molar-refractivity contribution in [3.8, 4) is 5.75 Å². The molecule has 92 valence electrons. The first-order chi connectivity index (χ1) is 9.36. The van der Waals surface area contributed by atoms with Gasteiger partial charge in [-0.15, -0.1) is 0 Å². The van der Waals surface area contributed by atoms with Crippen molar-refractivity contribution in [1.82, 2.24) is 9.97 Å². The molecule has 0 bridgehead atoms. The maximum Gasteiger partial charge on any atom is 0.119 e. The quantitative estimate of drug-likeness (QED) is 0.555. The van der Waals surface area contributed by atoms with E-state index in [0.717, 1.165) is 22.2 Å². The van der Waals surface area contributed by atoms with E-state index in [9.17, 15) is 0 Å². The van der Waals surface area contributed by atoms with Gasteiger partial charge in [0.2, 0.25) is 0 Å². The number of nitrogens with one attached hydrogen (secondary N) is 1. The summed E-state index contributed by atoms with van der Waals surface area (Å²) in [5.74, 6) is 0.874. The highest BCUT2D eigenvalue weighted by Crippen LogP contribution is 2.33. The third-order valence-corrected chi connectivity index (χ3v) is 3.59. The topological polar surface area (TPSA) is 37.9 Å². The third kappa shape index (κ3) is 1.41. The normalized spacial score (nSPS) is 11.4. The second kappa shape index (κ2) is 3.72. The highest BCUT2D eigenvalue weighted by atomic mass is 16.5. The Morgan fingerprint density at radius 2 is 1.89 bits per heavy atom. The fraction of sp³-hybridized carbons (Fsp3) is 0.0625. The molecule has 0 aliphatic rings. The highest BCUT2D eigenvalue weighted by Gasteiger charge is 2.08. The molecule has 0 atom stereocenters. The first-order valence-electron chi connectivity index (χ1n) is 6.19. The molecule has 0 unspecified atom stereocenters. The van der Waals surface area contributed by atoms with Crippen LogP contribution in [0.15, 0.2) is 48.8 Å². The van der Waals surface area contributed by atoms with Gasteiger partial charge in [0.15, 0.2) is 0 Å². The summed E-state index contributed by atoms with van der Waals surface area (Å²) in [4.78, 5) is 7.63. The van der Waals surface area contributed by atoms with Crippen LogP contribution in [0.2, 0.25) is 0 Å². The number of aromatic amines is 1. The van der Waals surface area contributed by atoms with Crippen molar-refractivity contribution in [3.63, 3.8) is 0 Å². The number of ether oxygens (including phenoxy) is 1. The van der Waals surface area contributed by atoms with E-state index in [1.165, 1.54) is 16.2 Å². The van der Waals surface area contributed by atoms with Gasteiger partial charge in [0, 0.05) is 39.6 Å². The van der Waals surface area contributed by atoms with Gasteiger partial charge >= 0.3 is 0 Å². The Bertz CT molecular complexity index is 908. The lowest BCUT2D eigenvalue weighted by Crippen LogP contribution is -1.81. The van der Waals surface area contributed by atoms with Gasteiger partial charge in [-0.25, -0.2) is 0 Å². The lowest BCUT2D eigenvalue weighted by molar-refractivity contribution is 0.415. The molecule has 2 aromatic carbocycles. The second-order valence-corrected chi connectivity index (χ2v) is 4.62. The van der Waals surface area contributed by atoms with Crippen LogP contribution in [0.5, 0.6) is 5.75 Å². The molecule has 2 aromatic heterocycles. The Hall–Kier alpha value is -2.55. The third-order valence-electron chi connectivity index (χ3n) is 3.59. The first kappa shape index (κ1) is 10.4. The summed E-state index contributed by atoms with van der Waals surface area (Å²) in [7, 11) is 1.69. The van der Waals surface area contributed by atoms with Crippen LogP contribution in [0.1, 0.15) is 0 Å². The van der Waals surface area contributed by atoms with Gasteiger partial charge in [0.05, 0.1) is 7.11 Å². The molecule has 0 aliphatic carbocycles. The number of benzene rings is 2. The Morgan fingerprint density at radius 1 is 1.00 bits per heavy atom. The second-order valence-electron chi connectivity index (χ2n) is 4.62. The molecule has 0 saturated heterocycles. The maximum absolute atomic E-state index is 5.33. The van der Waals surface area contributed by atoms with Gasteiger partial charge in [-0.05, 0) is 35.7 Å². The van der Waals surface area contributed by atoms with Crippen LogP contribution in [-0.2, 0) is 0 Å². The molecule has 0 amide bonds. The molecule has 4 rings (SSSR count). The van der Waals surface area contributed by atoms with E-state index in [-0.39, 0.29) is 0 Å².